The minimum absolute atomic E-state index is 0.0564. The molecule has 0 aromatic carbocycles. The highest BCUT2D eigenvalue weighted by molar-refractivity contribution is 7.07. The van der Waals surface area contributed by atoms with E-state index in [2.05, 4.69) is 0 Å². The molecule has 4 heteroatoms. The lowest BCUT2D eigenvalue weighted by Gasteiger charge is -1.92. The van der Waals surface area contributed by atoms with Crippen LogP contribution in [-0.4, -0.2) is 4.57 Å². The molecule has 52 valence electrons. The van der Waals surface area contributed by atoms with Crippen molar-refractivity contribution in [3.05, 3.63) is 20.7 Å². The lowest BCUT2D eigenvalue weighted by atomic mass is 10.5. The molecule has 0 fully saturated rings. The maximum atomic E-state index is 10.9. The summed E-state index contributed by atoms with van der Waals surface area (Å²) in [7, 11) is 0. The van der Waals surface area contributed by atoms with E-state index < -0.39 is 0 Å². The predicted octanol–water partition coefficient (Wildman–Crippen LogP) is 0.742. The second-order valence-electron chi connectivity index (χ2n) is 1.89. The summed E-state index contributed by atoms with van der Waals surface area (Å²) >= 11 is 1.13. The maximum Gasteiger partial charge on any atom is 0.308 e. The van der Waals surface area contributed by atoms with Gasteiger partial charge in [0.1, 0.15) is 6.54 Å². The molecule has 0 unspecified atom stereocenters. The van der Waals surface area contributed by atoms with E-state index >= 15 is 0 Å². The summed E-state index contributed by atoms with van der Waals surface area (Å²) in [6.07, 6.45) is 0. The zero-order valence-electron chi connectivity index (χ0n) is 5.50. The fourth-order valence-corrected chi connectivity index (χ4v) is 1.40. The van der Waals surface area contributed by atoms with Gasteiger partial charge in [0.25, 0.3) is 0 Å². The highest BCUT2D eigenvalue weighted by atomic mass is 32.1. The lowest BCUT2D eigenvalue weighted by Crippen LogP contribution is -2.13. The number of rotatable bonds is 1. The van der Waals surface area contributed by atoms with Crippen molar-refractivity contribution >= 4 is 11.3 Å². The fraction of sp³-hybridized carbons (Fsp3) is 0.333. The van der Waals surface area contributed by atoms with Gasteiger partial charge in [0.15, 0.2) is 0 Å². The molecule has 1 aromatic heterocycles. The van der Waals surface area contributed by atoms with Gasteiger partial charge in [-0.3, -0.25) is 9.36 Å². The third kappa shape index (κ3) is 1.09. The number of aromatic nitrogens is 1. The number of nitriles is 1. The first-order valence-electron chi connectivity index (χ1n) is 2.77. The Hall–Kier alpha value is -1.08. The van der Waals surface area contributed by atoms with Crippen LogP contribution in [0, 0.1) is 18.3 Å². The summed E-state index contributed by atoms with van der Waals surface area (Å²) in [5.74, 6) is 0. The van der Waals surface area contributed by atoms with Crippen LogP contribution in [0.5, 0.6) is 0 Å². The van der Waals surface area contributed by atoms with Crippen LogP contribution in [0.3, 0.4) is 0 Å². The molecule has 0 radical (unpaired) electrons. The summed E-state index contributed by atoms with van der Waals surface area (Å²) in [6.45, 7) is 1.98. The first-order valence-corrected chi connectivity index (χ1v) is 3.65. The molecule has 0 aliphatic rings. The Morgan fingerprint density at radius 1 is 1.90 bits per heavy atom. The summed E-state index contributed by atoms with van der Waals surface area (Å²) in [5, 5.41) is 10.0. The number of hydrogen-bond donors (Lipinski definition) is 0. The number of hydrogen-bond acceptors (Lipinski definition) is 3. The van der Waals surface area contributed by atoms with Crippen molar-refractivity contribution in [2.45, 2.75) is 13.5 Å². The number of aryl methyl sites for hydroxylation is 1. The Balaban J connectivity index is 3.13. The Morgan fingerprint density at radius 2 is 2.60 bits per heavy atom. The fourth-order valence-electron chi connectivity index (χ4n) is 0.667. The van der Waals surface area contributed by atoms with Gasteiger partial charge in [-0.2, -0.15) is 5.26 Å². The standard InChI is InChI=1S/C6H6N2OS/c1-5-4-10-6(9)8(5)3-2-7/h4H,3H2,1H3. The van der Waals surface area contributed by atoms with Gasteiger partial charge in [0.05, 0.1) is 6.07 Å². The van der Waals surface area contributed by atoms with Crippen molar-refractivity contribution in [3.8, 4) is 6.07 Å². The molecule has 0 bridgehead atoms. The van der Waals surface area contributed by atoms with E-state index in [9.17, 15) is 4.79 Å². The van der Waals surface area contributed by atoms with E-state index in [0.29, 0.717) is 0 Å². The van der Waals surface area contributed by atoms with E-state index in [1.54, 1.807) is 5.38 Å². The van der Waals surface area contributed by atoms with Gasteiger partial charge in [-0.25, -0.2) is 0 Å². The molecule has 3 nitrogen and oxygen atoms in total. The molecule has 0 saturated heterocycles. The van der Waals surface area contributed by atoms with Crippen molar-refractivity contribution in [2.24, 2.45) is 0 Å². The van der Waals surface area contributed by atoms with Crippen LogP contribution in [0.25, 0.3) is 0 Å². The average molecular weight is 154 g/mol. The van der Waals surface area contributed by atoms with Gasteiger partial charge in [-0.1, -0.05) is 11.3 Å². The maximum absolute atomic E-state index is 10.9. The molecule has 0 aliphatic carbocycles. The van der Waals surface area contributed by atoms with Crippen LogP contribution in [0.2, 0.25) is 0 Å². The van der Waals surface area contributed by atoms with Gasteiger partial charge >= 0.3 is 4.87 Å². The summed E-state index contributed by atoms with van der Waals surface area (Å²) < 4.78 is 1.45. The normalized spacial score (nSPS) is 9.20. The third-order valence-electron chi connectivity index (χ3n) is 1.21. The van der Waals surface area contributed by atoms with Crippen molar-refractivity contribution in [1.29, 1.82) is 5.26 Å². The molecular formula is C6H6N2OS. The minimum atomic E-state index is -0.0564. The zero-order valence-corrected chi connectivity index (χ0v) is 6.31. The Bertz CT molecular complexity index is 317. The van der Waals surface area contributed by atoms with Crippen LogP contribution in [0.1, 0.15) is 5.69 Å². The molecule has 1 rings (SSSR count). The van der Waals surface area contributed by atoms with Crippen molar-refractivity contribution in [2.75, 3.05) is 0 Å². The Morgan fingerprint density at radius 3 is 3.00 bits per heavy atom. The SMILES string of the molecule is Cc1csc(=O)n1CC#N. The highest BCUT2D eigenvalue weighted by Crippen LogP contribution is 1.97. The van der Waals surface area contributed by atoms with Crippen LogP contribution in [-0.2, 0) is 6.54 Å². The van der Waals surface area contributed by atoms with Crippen molar-refractivity contribution in [1.82, 2.24) is 4.57 Å². The topological polar surface area (TPSA) is 45.8 Å². The van der Waals surface area contributed by atoms with Gasteiger partial charge in [-0.15, -0.1) is 0 Å². The highest BCUT2D eigenvalue weighted by Gasteiger charge is 1.98. The zero-order chi connectivity index (χ0) is 7.56. The molecule has 0 atom stereocenters. The van der Waals surface area contributed by atoms with E-state index in [1.165, 1.54) is 4.57 Å². The monoisotopic (exact) mass is 154 g/mol. The summed E-state index contributed by atoms with van der Waals surface area (Å²) in [5.41, 5.74) is 0.858. The molecule has 1 heterocycles. The van der Waals surface area contributed by atoms with Gasteiger partial charge in [-0.05, 0) is 6.92 Å². The van der Waals surface area contributed by atoms with E-state index in [0.717, 1.165) is 17.0 Å². The van der Waals surface area contributed by atoms with Crippen LogP contribution >= 0.6 is 11.3 Å². The van der Waals surface area contributed by atoms with Crippen LogP contribution < -0.4 is 4.87 Å². The molecule has 1 aromatic rings. The summed E-state index contributed by atoms with van der Waals surface area (Å²) in [6, 6.07) is 1.92. The van der Waals surface area contributed by atoms with Gasteiger partial charge in [0.2, 0.25) is 0 Å². The van der Waals surface area contributed by atoms with Crippen molar-refractivity contribution in [3.63, 3.8) is 0 Å². The van der Waals surface area contributed by atoms with Crippen LogP contribution in [0.4, 0.5) is 0 Å². The van der Waals surface area contributed by atoms with Gasteiger partial charge in [0, 0.05) is 11.1 Å². The number of nitrogens with zero attached hydrogens (tertiary/aromatic N) is 2. The van der Waals surface area contributed by atoms with Crippen LogP contribution in [0.15, 0.2) is 10.2 Å². The second kappa shape index (κ2) is 2.67. The average Bonchev–Trinajstić information content (AvgIpc) is 2.20. The van der Waals surface area contributed by atoms with E-state index in [-0.39, 0.29) is 11.4 Å². The smallest absolute Gasteiger partial charge is 0.290 e. The van der Waals surface area contributed by atoms with E-state index in [1.807, 2.05) is 13.0 Å². The molecule has 10 heavy (non-hydrogen) atoms. The lowest BCUT2D eigenvalue weighted by molar-refractivity contribution is 0.783. The predicted molar refractivity (Wildman–Crippen MR) is 38.9 cm³/mol. The summed E-state index contributed by atoms with van der Waals surface area (Å²) in [4.78, 5) is 10.8. The number of thiazole rings is 1. The Labute approximate surface area is 62.2 Å². The Kier molecular flexibility index (Phi) is 1.88. The molecular weight excluding hydrogens is 148 g/mol. The molecule has 0 spiro atoms. The van der Waals surface area contributed by atoms with Crippen molar-refractivity contribution < 1.29 is 0 Å². The second-order valence-corrected chi connectivity index (χ2v) is 2.71. The largest absolute Gasteiger partial charge is 0.308 e. The quantitative estimate of drug-likeness (QED) is 0.599. The molecule has 0 aliphatic heterocycles. The minimum Gasteiger partial charge on any atom is -0.290 e. The first kappa shape index (κ1) is 7.03. The molecule has 0 amide bonds. The third-order valence-corrected chi connectivity index (χ3v) is 2.09. The van der Waals surface area contributed by atoms with Gasteiger partial charge < -0.3 is 0 Å². The van der Waals surface area contributed by atoms with E-state index in [4.69, 9.17) is 5.26 Å². The molecule has 0 saturated carbocycles. The molecule has 0 N–H and O–H groups in total. The first-order chi connectivity index (χ1) is 4.75.